The van der Waals surface area contributed by atoms with Crippen LogP contribution in [0.1, 0.15) is 20.3 Å². The third kappa shape index (κ3) is 2.70. The van der Waals surface area contributed by atoms with Crippen molar-refractivity contribution in [3.8, 4) is 11.5 Å². The summed E-state index contributed by atoms with van der Waals surface area (Å²) in [4.78, 5) is 0. The number of benzene rings is 2. The minimum atomic E-state index is 0.215. The van der Waals surface area contributed by atoms with E-state index in [1.807, 2.05) is 30.3 Å². The smallest absolute Gasteiger partial charge is 0.161 e. The fourth-order valence-corrected chi connectivity index (χ4v) is 1.67. The van der Waals surface area contributed by atoms with Crippen LogP contribution in [-0.4, -0.2) is 11.7 Å². The lowest BCUT2D eigenvalue weighted by Crippen LogP contribution is -2.07. The molecule has 0 bridgehead atoms. The topological polar surface area (TPSA) is 29.5 Å². The first-order chi connectivity index (χ1) is 8.20. The Morgan fingerprint density at radius 2 is 1.82 bits per heavy atom. The van der Waals surface area contributed by atoms with Crippen molar-refractivity contribution in [1.29, 1.82) is 0 Å². The summed E-state index contributed by atoms with van der Waals surface area (Å²) in [6, 6.07) is 11.6. The average molecular weight is 230 g/mol. The van der Waals surface area contributed by atoms with Crippen LogP contribution in [0.5, 0.6) is 11.5 Å². The molecule has 1 N–H and O–H groups in total. The number of aromatic hydroxyl groups is 1. The summed E-state index contributed by atoms with van der Waals surface area (Å²) in [6.07, 6.45) is 1.08. The lowest BCUT2D eigenvalue weighted by molar-refractivity contribution is 0.247. The van der Waals surface area contributed by atoms with E-state index in [4.69, 9.17) is 4.74 Å². The Labute approximate surface area is 102 Å². The maximum Gasteiger partial charge on any atom is 0.161 e. The largest absolute Gasteiger partial charge is 0.504 e. The maximum absolute atomic E-state index is 9.87. The van der Waals surface area contributed by atoms with Gasteiger partial charge in [0.05, 0.1) is 6.61 Å². The zero-order valence-electron chi connectivity index (χ0n) is 10.3. The zero-order chi connectivity index (χ0) is 12.3. The molecule has 0 spiro atoms. The highest BCUT2D eigenvalue weighted by atomic mass is 16.5. The standard InChI is InChI=1S/C15H18O2/c1-3-11(2)10-17-15-9-13-7-5-4-6-12(13)8-14(15)16/h4-9,11,16H,3,10H2,1-2H3. The van der Waals surface area contributed by atoms with Gasteiger partial charge in [0, 0.05) is 0 Å². The van der Waals surface area contributed by atoms with Gasteiger partial charge in [-0.05, 0) is 28.8 Å². The normalized spacial score (nSPS) is 12.6. The summed E-state index contributed by atoms with van der Waals surface area (Å²) in [5.74, 6) is 1.29. The highest BCUT2D eigenvalue weighted by Gasteiger charge is 2.06. The number of fused-ring (bicyclic) bond motifs is 1. The molecule has 2 nitrogen and oxygen atoms in total. The lowest BCUT2D eigenvalue weighted by atomic mass is 10.1. The predicted octanol–water partition coefficient (Wildman–Crippen LogP) is 3.97. The highest BCUT2D eigenvalue weighted by molar-refractivity contribution is 5.85. The number of phenolic OH excluding ortho intramolecular Hbond substituents is 1. The van der Waals surface area contributed by atoms with E-state index in [1.165, 1.54) is 0 Å². The predicted molar refractivity (Wildman–Crippen MR) is 70.6 cm³/mol. The number of hydrogen-bond donors (Lipinski definition) is 1. The van der Waals surface area contributed by atoms with Crippen molar-refractivity contribution in [3.05, 3.63) is 36.4 Å². The van der Waals surface area contributed by atoms with Gasteiger partial charge in [-0.1, -0.05) is 44.5 Å². The number of rotatable bonds is 4. The Bertz CT molecular complexity index is 505. The van der Waals surface area contributed by atoms with E-state index in [2.05, 4.69) is 13.8 Å². The van der Waals surface area contributed by atoms with Crippen molar-refractivity contribution < 1.29 is 9.84 Å². The SMILES string of the molecule is CCC(C)COc1cc2ccccc2cc1O. The molecule has 0 saturated carbocycles. The van der Waals surface area contributed by atoms with Crippen LogP contribution in [0.2, 0.25) is 0 Å². The Morgan fingerprint density at radius 1 is 1.18 bits per heavy atom. The molecule has 0 aliphatic rings. The van der Waals surface area contributed by atoms with E-state index >= 15 is 0 Å². The first-order valence-electron chi connectivity index (χ1n) is 6.05. The molecule has 0 saturated heterocycles. The zero-order valence-corrected chi connectivity index (χ0v) is 10.3. The van der Waals surface area contributed by atoms with E-state index in [0.29, 0.717) is 18.3 Å². The van der Waals surface area contributed by atoms with Crippen molar-refractivity contribution in [2.24, 2.45) is 5.92 Å². The van der Waals surface area contributed by atoms with E-state index < -0.39 is 0 Å². The van der Waals surface area contributed by atoms with E-state index in [9.17, 15) is 5.11 Å². The summed E-state index contributed by atoms with van der Waals surface area (Å²) in [6.45, 7) is 4.91. The fourth-order valence-electron chi connectivity index (χ4n) is 1.67. The molecule has 2 rings (SSSR count). The van der Waals surface area contributed by atoms with E-state index in [-0.39, 0.29) is 5.75 Å². The highest BCUT2D eigenvalue weighted by Crippen LogP contribution is 2.31. The monoisotopic (exact) mass is 230 g/mol. The molecule has 1 atom stereocenters. The van der Waals surface area contributed by atoms with Gasteiger partial charge in [-0.15, -0.1) is 0 Å². The van der Waals surface area contributed by atoms with Crippen LogP contribution in [0.15, 0.2) is 36.4 Å². The van der Waals surface area contributed by atoms with Gasteiger partial charge in [-0.25, -0.2) is 0 Å². The molecule has 0 aliphatic carbocycles. The second-order valence-electron chi connectivity index (χ2n) is 4.49. The van der Waals surface area contributed by atoms with Gasteiger partial charge in [-0.3, -0.25) is 0 Å². The van der Waals surface area contributed by atoms with E-state index in [1.54, 1.807) is 6.07 Å². The second-order valence-corrected chi connectivity index (χ2v) is 4.49. The second kappa shape index (κ2) is 5.09. The molecule has 0 aromatic heterocycles. The lowest BCUT2D eigenvalue weighted by Gasteiger charge is -2.12. The van der Waals surface area contributed by atoms with Gasteiger partial charge in [0.1, 0.15) is 0 Å². The van der Waals surface area contributed by atoms with Crippen molar-refractivity contribution in [1.82, 2.24) is 0 Å². The Morgan fingerprint density at radius 3 is 2.47 bits per heavy atom. The van der Waals surface area contributed by atoms with Crippen LogP contribution in [-0.2, 0) is 0 Å². The van der Waals surface area contributed by atoms with Gasteiger partial charge >= 0.3 is 0 Å². The molecule has 0 fully saturated rings. The summed E-state index contributed by atoms with van der Waals surface area (Å²) >= 11 is 0. The minimum Gasteiger partial charge on any atom is -0.504 e. The quantitative estimate of drug-likeness (QED) is 0.861. The number of phenols is 1. The Balaban J connectivity index is 2.25. The van der Waals surface area contributed by atoms with Crippen molar-refractivity contribution >= 4 is 10.8 Å². The molecular weight excluding hydrogens is 212 g/mol. The molecule has 17 heavy (non-hydrogen) atoms. The molecule has 0 amide bonds. The summed E-state index contributed by atoms with van der Waals surface area (Å²) < 4.78 is 5.65. The van der Waals surface area contributed by atoms with Gasteiger partial charge in [0.25, 0.3) is 0 Å². The van der Waals surface area contributed by atoms with Crippen LogP contribution in [0.25, 0.3) is 10.8 Å². The first kappa shape index (κ1) is 11.8. The van der Waals surface area contributed by atoms with E-state index in [0.717, 1.165) is 17.2 Å². The fraction of sp³-hybridized carbons (Fsp3) is 0.333. The molecule has 1 unspecified atom stereocenters. The molecule has 0 radical (unpaired) electrons. The van der Waals surface area contributed by atoms with Crippen LogP contribution in [0.3, 0.4) is 0 Å². The van der Waals surface area contributed by atoms with Crippen LogP contribution in [0.4, 0.5) is 0 Å². The summed E-state index contributed by atoms with van der Waals surface area (Å²) in [7, 11) is 0. The molecule has 0 aliphatic heterocycles. The van der Waals surface area contributed by atoms with Crippen LogP contribution >= 0.6 is 0 Å². The minimum absolute atomic E-state index is 0.215. The van der Waals surface area contributed by atoms with Gasteiger partial charge in [0.2, 0.25) is 0 Å². The maximum atomic E-state index is 9.87. The summed E-state index contributed by atoms with van der Waals surface area (Å²) in [5.41, 5.74) is 0. The Hall–Kier alpha value is -1.70. The van der Waals surface area contributed by atoms with Crippen molar-refractivity contribution in [2.75, 3.05) is 6.61 Å². The van der Waals surface area contributed by atoms with Gasteiger partial charge < -0.3 is 9.84 Å². The van der Waals surface area contributed by atoms with Gasteiger partial charge in [0.15, 0.2) is 11.5 Å². The number of hydrogen-bond acceptors (Lipinski definition) is 2. The van der Waals surface area contributed by atoms with Crippen LogP contribution in [0, 0.1) is 5.92 Å². The average Bonchev–Trinajstić information content (AvgIpc) is 2.35. The number of ether oxygens (including phenoxy) is 1. The third-order valence-corrected chi connectivity index (χ3v) is 3.05. The van der Waals surface area contributed by atoms with Gasteiger partial charge in [-0.2, -0.15) is 0 Å². The molecule has 90 valence electrons. The van der Waals surface area contributed by atoms with Crippen LogP contribution < -0.4 is 4.74 Å². The first-order valence-corrected chi connectivity index (χ1v) is 6.05. The molecule has 2 aromatic carbocycles. The Kier molecular flexibility index (Phi) is 3.52. The van der Waals surface area contributed by atoms with Crippen molar-refractivity contribution in [2.45, 2.75) is 20.3 Å². The molecule has 0 heterocycles. The summed E-state index contributed by atoms with van der Waals surface area (Å²) in [5, 5.41) is 12.0. The van der Waals surface area contributed by atoms with Crippen molar-refractivity contribution in [3.63, 3.8) is 0 Å². The molecule has 2 aromatic rings. The molecule has 2 heteroatoms. The molecular formula is C15H18O2. The third-order valence-electron chi connectivity index (χ3n) is 3.05.